The minimum atomic E-state index is -0.287. The fraction of sp³-hybridized carbons (Fsp3) is 0.250. The Labute approximate surface area is 122 Å². The van der Waals surface area contributed by atoms with E-state index < -0.39 is 0 Å². The smallest absolute Gasteiger partial charge is 0.255 e. The van der Waals surface area contributed by atoms with Crippen LogP contribution in [-0.4, -0.2) is 16.9 Å². The molecule has 1 aromatic carbocycles. The third kappa shape index (κ3) is 3.79. The predicted octanol–water partition coefficient (Wildman–Crippen LogP) is 1.88. The average molecular weight is 283 g/mol. The van der Waals surface area contributed by atoms with E-state index in [-0.39, 0.29) is 11.5 Å². The highest BCUT2D eigenvalue weighted by molar-refractivity contribution is 6.04. The summed E-state index contributed by atoms with van der Waals surface area (Å²) in [4.78, 5) is 25.8. The molecule has 1 aromatic heterocycles. The molecule has 0 bridgehead atoms. The van der Waals surface area contributed by atoms with Crippen LogP contribution in [0.4, 0.5) is 5.69 Å². The van der Waals surface area contributed by atoms with Gasteiger partial charge < -0.3 is 15.6 Å². The molecule has 0 atom stereocenters. The summed E-state index contributed by atoms with van der Waals surface area (Å²) in [6.07, 6.45) is 3.96. The van der Waals surface area contributed by atoms with Crippen molar-refractivity contribution < 1.29 is 4.79 Å². The van der Waals surface area contributed by atoms with Crippen molar-refractivity contribution in [3.63, 3.8) is 0 Å². The van der Waals surface area contributed by atoms with E-state index in [1.807, 2.05) is 24.3 Å². The van der Waals surface area contributed by atoms with Crippen molar-refractivity contribution in [3.05, 3.63) is 64.1 Å². The third-order valence-corrected chi connectivity index (χ3v) is 3.39. The molecular formula is C16H17N3O2. The molecule has 1 heterocycles. The van der Waals surface area contributed by atoms with E-state index in [4.69, 9.17) is 0 Å². The minimum absolute atomic E-state index is 0.284. The zero-order valence-electron chi connectivity index (χ0n) is 11.6. The van der Waals surface area contributed by atoms with E-state index >= 15 is 0 Å². The Balaban J connectivity index is 1.67. The largest absolute Gasteiger partial charge is 0.329 e. The van der Waals surface area contributed by atoms with E-state index in [2.05, 4.69) is 15.6 Å². The average Bonchev–Trinajstić information content (AvgIpc) is 3.30. The summed E-state index contributed by atoms with van der Waals surface area (Å²) >= 11 is 0. The van der Waals surface area contributed by atoms with Gasteiger partial charge >= 0.3 is 0 Å². The quantitative estimate of drug-likeness (QED) is 0.784. The first-order chi connectivity index (χ1) is 10.2. The fourth-order valence-electron chi connectivity index (χ4n) is 2.10. The monoisotopic (exact) mass is 283 g/mol. The van der Waals surface area contributed by atoms with Crippen LogP contribution in [0.1, 0.15) is 28.8 Å². The number of amides is 1. The molecule has 0 saturated heterocycles. The van der Waals surface area contributed by atoms with Crippen LogP contribution in [0.15, 0.2) is 47.4 Å². The van der Waals surface area contributed by atoms with Gasteiger partial charge in [0, 0.05) is 36.1 Å². The highest BCUT2D eigenvalue weighted by Crippen LogP contribution is 2.20. The summed E-state index contributed by atoms with van der Waals surface area (Å²) in [6, 6.07) is 11.2. The van der Waals surface area contributed by atoms with Crippen molar-refractivity contribution in [2.75, 3.05) is 5.32 Å². The van der Waals surface area contributed by atoms with E-state index in [0.717, 1.165) is 17.8 Å². The van der Waals surface area contributed by atoms with Gasteiger partial charge in [-0.25, -0.2) is 0 Å². The van der Waals surface area contributed by atoms with Gasteiger partial charge in [0.1, 0.15) is 0 Å². The van der Waals surface area contributed by atoms with Crippen LogP contribution in [0.5, 0.6) is 0 Å². The van der Waals surface area contributed by atoms with Crippen LogP contribution in [0, 0.1) is 0 Å². The summed E-state index contributed by atoms with van der Waals surface area (Å²) in [5.41, 5.74) is 1.92. The van der Waals surface area contributed by atoms with Gasteiger partial charge in [-0.05, 0) is 36.6 Å². The van der Waals surface area contributed by atoms with E-state index in [1.54, 1.807) is 6.07 Å². The Kier molecular flexibility index (Phi) is 3.83. The standard InChI is InChI=1S/C16H17N3O2/c20-15-9-12(6-7-17-15)16(21)19-14-3-1-2-11(8-14)10-18-13-4-5-13/h1-3,6-9,13,18H,4-5,10H2,(H,17,20)(H,19,21). The van der Waals surface area contributed by atoms with Gasteiger partial charge in [0.2, 0.25) is 5.56 Å². The van der Waals surface area contributed by atoms with Gasteiger partial charge in [-0.1, -0.05) is 12.1 Å². The van der Waals surface area contributed by atoms with Crippen molar-refractivity contribution in [3.8, 4) is 0 Å². The molecule has 5 nitrogen and oxygen atoms in total. The number of benzene rings is 1. The van der Waals surface area contributed by atoms with Gasteiger partial charge in [0.05, 0.1) is 0 Å². The lowest BCUT2D eigenvalue weighted by atomic mass is 10.2. The fourth-order valence-corrected chi connectivity index (χ4v) is 2.10. The van der Waals surface area contributed by atoms with Crippen molar-refractivity contribution in [2.45, 2.75) is 25.4 Å². The molecule has 3 N–H and O–H groups in total. The molecular weight excluding hydrogens is 266 g/mol. The number of hydrogen-bond acceptors (Lipinski definition) is 3. The van der Waals surface area contributed by atoms with Gasteiger partial charge in [-0.15, -0.1) is 0 Å². The van der Waals surface area contributed by atoms with Crippen molar-refractivity contribution in [2.24, 2.45) is 0 Å². The molecule has 1 aliphatic carbocycles. The molecule has 0 aliphatic heterocycles. The number of pyridine rings is 1. The van der Waals surface area contributed by atoms with E-state index in [9.17, 15) is 9.59 Å². The van der Waals surface area contributed by atoms with Crippen molar-refractivity contribution in [1.82, 2.24) is 10.3 Å². The molecule has 21 heavy (non-hydrogen) atoms. The Hall–Kier alpha value is -2.40. The number of aromatic nitrogens is 1. The molecule has 1 amide bonds. The molecule has 0 unspecified atom stereocenters. The Morgan fingerprint density at radius 3 is 2.86 bits per heavy atom. The number of hydrogen-bond donors (Lipinski definition) is 3. The SMILES string of the molecule is O=C(Nc1cccc(CNC2CC2)c1)c1cc[nH]c(=O)c1. The lowest BCUT2D eigenvalue weighted by Gasteiger charge is -2.08. The van der Waals surface area contributed by atoms with Crippen LogP contribution in [0.3, 0.4) is 0 Å². The maximum absolute atomic E-state index is 12.1. The molecule has 1 aliphatic rings. The van der Waals surface area contributed by atoms with Gasteiger partial charge in [0.25, 0.3) is 5.91 Å². The molecule has 3 rings (SSSR count). The summed E-state index contributed by atoms with van der Waals surface area (Å²) in [7, 11) is 0. The molecule has 2 aromatic rings. The second-order valence-electron chi connectivity index (χ2n) is 5.25. The van der Waals surface area contributed by atoms with Crippen LogP contribution in [0.25, 0.3) is 0 Å². The van der Waals surface area contributed by atoms with Gasteiger partial charge in [-0.2, -0.15) is 0 Å². The molecule has 1 fully saturated rings. The number of aromatic amines is 1. The molecule has 5 heteroatoms. The molecule has 0 spiro atoms. The van der Waals surface area contributed by atoms with Gasteiger partial charge in [0.15, 0.2) is 0 Å². The highest BCUT2D eigenvalue weighted by atomic mass is 16.2. The number of carbonyl (C=O) groups is 1. The van der Waals surface area contributed by atoms with Crippen molar-refractivity contribution >= 4 is 11.6 Å². The normalized spacial score (nSPS) is 13.9. The van der Waals surface area contributed by atoms with Crippen LogP contribution in [-0.2, 0) is 6.54 Å². The summed E-state index contributed by atoms with van der Waals surface area (Å²) in [5, 5.41) is 6.24. The Bertz CT molecular complexity index is 704. The topological polar surface area (TPSA) is 74.0 Å². The lowest BCUT2D eigenvalue weighted by molar-refractivity contribution is 0.102. The second-order valence-corrected chi connectivity index (χ2v) is 5.25. The second kappa shape index (κ2) is 5.93. The Morgan fingerprint density at radius 2 is 2.10 bits per heavy atom. The van der Waals surface area contributed by atoms with E-state index in [0.29, 0.717) is 11.6 Å². The zero-order valence-corrected chi connectivity index (χ0v) is 11.6. The number of anilines is 1. The number of nitrogens with one attached hydrogen (secondary N) is 3. The van der Waals surface area contributed by atoms with Crippen molar-refractivity contribution in [1.29, 1.82) is 0 Å². The first-order valence-corrected chi connectivity index (χ1v) is 7.03. The van der Waals surface area contributed by atoms with Crippen LogP contribution < -0.4 is 16.2 Å². The molecule has 1 saturated carbocycles. The third-order valence-electron chi connectivity index (χ3n) is 3.39. The van der Waals surface area contributed by atoms with Gasteiger partial charge in [-0.3, -0.25) is 9.59 Å². The van der Waals surface area contributed by atoms with E-state index in [1.165, 1.54) is 25.1 Å². The summed E-state index contributed by atoms with van der Waals surface area (Å²) < 4.78 is 0. The molecule has 0 radical (unpaired) electrons. The zero-order chi connectivity index (χ0) is 14.7. The maximum Gasteiger partial charge on any atom is 0.255 e. The first-order valence-electron chi connectivity index (χ1n) is 7.03. The molecule has 108 valence electrons. The number of rotatable bonds is 5. The Morgan fingerprint density at radius 1 is 1.24 bits per heavy atom. The first kappa shape index (κ1) is 13.6. The highest BCUT2D eigenvalue weighted by Gasteiger charge is 2.19. The summed E-state index contributed by atoms with van der Waals surface area (Å²) in [6.45, 7) is 0.805. The lowest BCUT2D eigenvalue weighted by Crippen LogP contribution is -2.17. The maximum atomic E-state index is 12.1. The number of carbonyl (C=O) groups excluding carboxylic acids is 1. The van der Waals surface area contributed by atoms with Crippen LogP contribution in [0.2, 0.25) is 0 Å². The minimum Gasteiger partial charge on any atom is -0.329 e. The predicted molar refractivity (Wildman–Crippen MR) is 81.3 cm³/mol. The summed E-state index contributed by atoms with van der Waals surface area (Å²) in [5.74, 6) is -0.284. The number of H-pyrrole nitrogens is 1. The van der Waals surface area contributed by atoms with Crippen LogP contribution >= 0.6 is 0 Å².